The molecule has 0 saturated carbocycles. The first-order valence-corrected chi connectivity index (χ1v) is 6.36. The molecule has 1 fully saturated rings. The van der Waals surface area contributed by atoms with Crippen LogP contribution in [0.2, 0.25) is 0 Å². The minimum atomic E-state index is -0.538. The number of nitrogens with one attached hydrogen (secondary N) is 1. The van der Waals surface area contributed by atoms with Gasteiger partial charge in [-0.05, 0) is 25.0 Å². The van der Waals surface area contributed by atoms with E-state index in [1.165, 1.54) is 12.3 Å². The second-order valence-electron chi connectivity index (χ2n) is 4.54. The normalized spacial score (nSPS) is 20.2. The van der Waals surface area contributed by atoms with Crippen molar-refractivity contribution in [3.05, 3.63) is 24.3 Å². The lowest BCUT2D eigenvalue weighted by Crippen LogP contribution is -2.38. The molecule has 1 saturated heterocycles. The first-order chi connectivity index (χ1) is 9.74. The van der Waals surface area contributed by atoms with Crippen LogP contribution in [-0.4, -0.2) is 40.4 Å². The lowest BCUT2D eigenvalue weighted by Gasteiger charge is -2.16. The Hall–Kier alpha value is -2.51. The third-order valence-electron chi connectivity index (χ3n) is 3.14. The smallest absolute Gasteiger partial charge is 0.212 e. The summed E-state index contributed by atoms with van der Waals surface area (Å²) in [7, 11) is 0. The number of rotatable bonds is 2. The molecule has 8 heteroatoms. The van der Waals surface area contributed by atoms with E-state index in [9.17, 15) is 4.39 Å². The predicted octanol–water partition coefficient (Wildman–Crippen LogP) is 0.769. The highest BCUT2D eigenvalue weighted by atomic mass is 19.1. The summed E-state index contributed by atoms with van der Waals surface area (Å²) in [4.78, 5) is 5.64. The van der Waals surface area contributed by atoms with E-state index < -0.39 is 5.95 Å². The van der Waals surface area contributed by atoms with Gasteiger partial charge in [-0.1, -0.05) is 0 Å². The summed E-state index contributed by atoms with van der Waals surface area (Å²) in [6, 6.07) is 2.80. The van der Waals surface area contributed by atoms with Crippen molar-refractivity contribution in [1.29, 1.82) is 0 Å². The monoisotopic (exact) mass is 275 g/mol. The van der Waals surface area contributed by atoms with Crippen molar-refractivity contribution in [2.75, 3.05) is 18.5 Å². The maximum absolute atomic E-state index is 12.7. The Morgan fingerprint density at radius 1 is 1.25 bits per heavy atom. The first-order valence-electron chi connectivity index (χ1n) is 6.36. The van der Waals surface area contributed by atoms with Crippen LogP contribution in [0.1, 0.15) is 12.8 Å². The first kappa shape index (κ1) is 12.5. The number of likely N-dealkylation sites (tertiary alicyclic amines) is 1. The number of hydrazone groups is 1. The quantitative estimate of drug-likeness (QED) is 0.616. The number of aromatic nitrogens is 1. The maximum atomic E-state index is 12.7. The molecule has 1 aromatic rings. The van der Waals surface area contributed by atoms with Crippen LogP contribution in [0.25, 0.3) is 0 Å². The molecule has 104 valence electrons. The molecule has 2 aliphatic rings. The number of halogens is 1. The van der Waals surface area contributed by atoms with Crippen molar-refractivity contribution < 1.29 is 4.39 Å². The van der Waals surface area contributed by atoms with E-state index in [4.69, 9.17) is 5.73 Å². The van der Waals surface area contributed by atoms with Crippen LogP contribution in [-0.2, 0) is 0 Å². The number of hydrogen-bond acceptors (Lipinski definition) is 7. The Labute approximate surface area is 115 Å². The molecule has 20 heavy (non-hydrogen) atoms. The van der Waals surface area contributed by atoms with Crippen LogP contribution in [0.15, 0.2) is 33.6 Å². The molecule has 0 amide bonds. The summed E-state index contributed by atoms with van der Waals surface area (Å²) < 4.78 is 12.7. The molecular weight excluding hydrogens is 261 g/mol. The van der Waals surface area contributed by atoms with E-state index in [0.29, 0.717) is 17.2 Å². The molecule has 3 N–H and O–H groups in total. The van der Waals surface area contributed by atoms with Crippen LogP contribution in [0, 0.1) is 5.95 Å². The van der Waals surface area contributed by atoms with Crippen molar-refractivity contribution in [2.24, 2.45) is 21.0 Å². The molecule has 3 rings (SSSR count). The van der Waals surface area contributed by atoms with Gasteiger partial charge in [-0.3, -0.25) is 5.43 Å². The number of amidine groups is 2. The highest BCUT2D eigenvalue weighted by Crippen LogP contribution is 2.13. The number of anilines is 1. The summed E-state index contributed by atoms with van der Waals surface area (Å²) in [6.45, 7) is 1.86. The molecular formula is C12H14FN7. The average molecular weight is 275 g/mol. The van der Waals surface area contributed by atoms with Crippen LogP contribution < -0.4 is 11.2 Å². The molecule has 0 aliphatic carbocycles. The van der Waals surface area contributed by atoms with Gasteiger partial charge in [-0.2, -0.15) is 9.49 Å². The Kier molecular flexibility index (Phi) is 3.28. The third kappa shape index (κ3) is 2.44. The van der Waals surface area contributed by atoms with Gasteiger partial charge in [0.1, 0.15) is 0 Å². The minimum absolute atomic E-state index is 0.273. The highest BCUT2D eigenvalue weighted by Gasteiger charge is 2.27. The Morgan fingerprint density at radius 3 is 2.75 bits per heavy atom. The fourth-order valence-electron chi connectivity index (χ4n) is 2.12. The molecule has 0 radical (unpaired) electrons. The van der Waals surface area contributed by atoms with Gasteiger partial charge in [0.2, 0.25) is 5.95 Å². The Bertz CT molecular complexity index is 584. The van der Waals surface area contributed by atoms with Crippen molar-refractivity contribution in [2.45, 2.75) is 12.8 Å². The summed E-state index contributed by atoms with van der Waals surface area (Å²) >= 11 is 0. The topological polar surface area (TPSA) is 91.3 Å². The van der Waals surface area contributed by atoms with E-state index >= 15 is 0 Å². The van der Waals surface area contributed by atoms with Gasteiger partial charge in [-0.15, -0.1) is 10.2 Å². The molecule has 0 unspecified atom stereocenters. The lowest BCUT2D eigenvalue weighted by molar-refractivity contribution is 0.525. The van der Waals surface area contributed by atoms with E-state index in [1.807, 2.05) is 0 Å². The molecule has 0 bridgehead atoms. The maximum Gasteiger partial charge on any atom is 0.212 e. The van der Waals surface area contributed by atoms with Gasteiger partial charge >= 0.3 is 0 Å². The van der Waals surface area contributed by atoms with Crippen molar-refractivity contribution in [3.63, 3.8) is 0 Å². The second-order valence-corrected chi connectivity index (χ2v) is 4.54. The van der Waals surface area contributed by atoms with E-state index in [-0.39, 0.29) is 5.84 Å². The van der Waals surface area contributed by atoms with E-state index in [2.05, 4.69) is 30.6 Å². The number of nitrogens with zero attached hydrogens (tertiary/aromatic N) is 5. The van der Waals surface area contributed by atoms with Gasteiger partial charge < -0.3 is 10.6 Å². The summed E-state index contributed by atoms with van der Waals surface area (Å²) in [5, 5.41) is 12.1. The van der Waals surface area contributed by atoms with Gasteiger partial charge in [0.05, 0.1) is 11.9 Å². The van der Waals surface area contributed by atoms with Crippen molar-refractivity contribution in [3.8, 4) is 0 Å². The Balaban J connectivity index is 1.76. The summed E-state index contributed by atoms with van der Waals surface area (Å²) in [5.41, 5.74) is 9.65. The second kappa shape index (κ2) is 5.24. The van der Waals surface area contributed by atoms with Crippen LogP contribution in [0.3, 0.4) is 0 Å². The fraction of sp³-hybridized carbons (Fsp3) is 0.333. The number of hydrogen-bond donors (Lipinski definition) is 2. The van der Waals surface area contributed by atoms with E-state index in [0.717, 1.165) is 25.9 Å². The van der Waals surface area contributed by atoms with Gasteiger partial charge in [0, 0.05) is 13.1 Å². The molecule has 3 heterocycles. The molecule has 0 atom stereocenters. The summed E-state index contributed by atoms with van der Waals surface area (Å²) in [5.74, 6) is 0.418. The standard InChI is InChI=1S/C12H14FN7/c13-9-4-3-8(7-15-9)16-17-10-11(14)18-19-12(10)20-5-1-2-6-20/h3-4,7,16H,1-2,5-6H2,(H2,14,17,18). The largest absolute Gasteiger partial charge is 0.380 e. The fourth-order valence-corrected chi connectivity index (χ4v) is 2.12. The SMILES string of the molecule is NC1=NN=C(N2CCCC2)/C1=N\Nc1ccc(F)nc1. The minimum Gasteiger partial charge on any atom is -0.380 e. The summed E-state index contributed by atoms with van der Waals surface area (Å²) in [6.07, 6.45) is 3.61. The third-order valence-corrected chi connectivity index (χ3v) is 3.14. The predicted molar refractivity (Wildman–Crippen MR) is 75.1 cm³/mol. The molecule has 0 aromatic carbocycles. The number of pyridine rings is 1. The van der Waals surface area contributed by atoms with Crippen molar-refractivity contribution in [1.82, 2.24) is 9.88 Å². The number of nitrogens with two attached hydrogens (primary N) is 1. The molecule has 7 nitrogen and oxygen atoms in total. The van der Waals surface area contributed by atoms with Crippen molar-refractivity contribution >= 4 is 23.1 Å². The lowest BCUT2D eigenvalue weighted by atomic mass is 10.3. The van der Waals surface area contributed by atoms with Crippen LogP contribution in [0.5, 0.6) is 0 Å². The average Bonchev–Trinajstić information content (AvgIpc) is 3.08. The Morgan fingerprint density at radius 2 is 2.05 bits per heavy atom. The van der Waals surface area contributed by atoms with Crippen LogP contribution >= 0.6 is 0 Å². The zero-order valence-electron chi connectivity index (χ0n) is 10.8. The molecule has 2 aliphatic heterocycles. The zero-order valence-corrected chi connectivity index (χ0v) is 10.8. The van der Waals surface area contributed by atoms with Gasteiger partial charge in [-0.25, -0.2) is 4.98 Å². The van der Waals surface area contributed by atoms with Gasteiger partial charge in [0.25, 0.3) is 0 Å². The van der Waals surface area contributed by atoms with Crippen LogP contribution in [0.4, 0.5) is 10.1 Å². The highest BCUT2D eigenvalue weighted by molar-refractivity contribution is 6.68. The van der Waals surface area contributed by atoms with E-state index in [1.54, 1.807) is 6.07 Å². The van der Waals surface area contributed by atoms with Gasteiger partial charge in [0.15, 0.2) is 17.4 Å². The molecule has 0 spiro atoms. The zero-order chi connectivity index (χ0) is 13.9. The molecule has 1 aromatic heterocycles.